The molecule has 96 valence electrons. The highest BCUT2D eigenvalue weighted by molar-refractivity contribution is 5.91. The van der Waals surface area contributed by atoms with Crippen LogP contribution in [0.4, 0.5) is 0 Å². The van der Waals surface area contributed by atoms with Crippen molar-refractivity contribution in [3.05, 3.63) is 17.5 Å². The Labute approximate surface area is 101 Å². The fraction of sp³-hybridized carbons (Fsp3) is 0.667. The first-order chi connectivity index (χ1) is 8.04. The van der Waals surface area contributed by atoms with E-state index in [9.17, 15) is 4.79 Å². The van der Waals surface area contributed by atoms with Crippen molar-refractivity contribution < 1.29 is 14.4 Å². The first-order valence-electron chi connectivity index (χ1n) is 5.90. The molecule has 1 heterocycles. The highest BCUT2D eigenvalue weighted by atomic mass is 16.5. The van der Waals surface area contributed by atoms with Gasteiger partial charge in [-0.3, -0.25) is 4.79 Å². The minimum atomic E-state index is -0.255. The minimum absolute atomic E-state index is 0.136. The summed E-state index contributed by atoms with van der Waals surface area (Å²) in [6.07, 6.45) is 0.675. The number of hydrogen-bond acceptors (Lipinski definition) is 4. The second-order valence-electron chi connectivity index (χ2n) is 4.60. The molecule has 0 aliphatic carbocycles. The van der Waals surface area contributed by atoms with Gasteiger partial charge in [0.05, 0.1) is 5.69 Å². The maximum absolute atomic E-state index is 11.7. The van der Waals surface area contributed by atoms with Crippen molar-refractivity contribution in [3.8, 4) is 0 Å². The molecule has 1 aromatic rings. The molecule has 1 atom stereocenters. The smallest absolute Gasteiger partial charge is 0.289 e. The van der Waals surface area contributed by atoms with Gasteiger partial charge in [-0.1, -0.05) is 25.9 Å². The number of rotatable bonds is 6. The van der Waals surface area contributed by atoms with E-state index in [4.69, 9.17) is 9.63 Å². The number of hydrogen-bond donors (Lipinski definition) is 2. The molecular formula is C12H20N2O3. The molecule has 1 rings (SSSR count). The van der Waals surface area contributed by atoms with Crippen LogP contribution in [-0.2, 0) is 0 Å². The Kier molecular flexibility index (Phi) is 5.15. The van der Waals surface area contributed by atoms with Gasteiger partial charge in [0.1, 0.15) is 0 Å². The molecule has 0 bridgehead atoms. The van der Waals surface area contributed by atoms with Gasteiger partial charge in [0.2, 0.25) is 5.76 Å². The minimum Gasteiger partial charge on any atom is -0.396 e. The van der Waals surface area contributed by atoms with Crippen LogP contribution in [0.2, 0.25) is 0 Å². The summed E-state index contributed by atoms with van der Waals surface area (Å²) in [5, 5.41) is 15.3. The standard InChI is InChI=1S/C12H20N2O3/c1-8(2)10-6-11(17-14-10)12(16)13-7-9(3)4-5-15/h6,8-9,15H,4-5,7H2,1-3H3,(H,13,16)/t9-/m0/s1. The topological polar surface area (TPSA) is 75.4 Å². The molecule has 0 radical (unpaired) electrons. The average molecular weight is 240 g/mol. The van der Waals surface area contributed by atoms with Crippen molar-refractivity contribution in [1.82, 2.24) is 10.5 Å². The lowest BCUT2D eigenvalue weighted by atomic mass is 10.1. The maximum atomic E-state index is 11.7. The lowest BCUT2D eigenvalue weighted by Crippen LogP contribution is -2.28. The van der Waals surface area contributed by atoms with Crippen molar-refractivity contribution in [2.45, 2.75) is 33.1 Å². The van der Waals surface area contributed by atoms with Crippen LogP contribution >= 0.6 is 0 Å². The van der Waals surface area contributed by atoms with Gasteiger partial charge < -0.3 is 14.9 Å². The molecule has 0 saturated carbocycles. The quantitative estimate of drug-likeness (QED) is 0.791. The summed E-state index contributed by atoms with van der Waals surface area (Å²) in [5.41, 5.74) is 0.776. The third kappa shape index (κ3) is 4.19. The lowest BCUT2D eigenvalue weighted by molar-refractivity contribution is 0.0908. The van der Waals surface area contributed by atoms with Crippen LogP contribution in [-0.4, -0.2) is 29.3 Å². The molecule has 0 spiro atoms. The van der Waals surface area contributed by atoms with E-state index in [-0.39, 0.29) is 30.1 Å². The van der Waals surface area contributed by atoms with E-state index in [1.807, 2.05) is 20.8 Å². The van der Waals surface area contributed by atoms with Crippen molar-refractivity contribution in [2.75, 3.05) is 13.2 Å². The Morgan fingerprint density at radius 2 is 2.24 bits per heavy atom. The molecule has 0 fully saturated rings. The van der Waals surface area contributed by atoms with Crippen molar-refractivity contribution in [3.63, 3.8) is 0 Å². The summed E-state index contributed by atoms with van der Waals surface area (Å²) in [6, 6.07) is 1.66. The van der Waals surface area contributed by atoms with Crippen LogP contribution in [0.3, 0.4) is 0 Å². The first kappa shape index (κ1) is 13.7. The second kappa shape index (κ2) is 6.39. The number of carbonyl (C=O) groups excluding carboxylic acids is 1. The molecule has 0 unspecified atom stereocenters. The van der Waals surface area contributed by atoms with Gasteiger partial charge in [0.25, 0.3) is 5.91 Å². The van der Waals surface area contributed by atoms with E-state index in [1.54, 1.807) is 6.07 Å². The molecule has 2 N–H and O–H groups in total. The monoisotopic (exact) mass is 240 g/mol. The maximum Gasteiger partial charge on any atom is 0.289 e. The van der Waals surface area contributed by atoms with Crippen LogP contribution in [0.25, 0.3) is 0 Å². The normalized spacial score (nSPS) is 12.8. The average Bonchev–Trinajstić information content (AvgIpc) is 2.75. The zero-order valence-electron chi connectivity index (χ0n) is 10.6. The zero-order chi connectivity index (χ0) is 12.8. The summed E-state index contributed by atoms with van der Waals surface area (Å²) >= 11 is 0. The molecule has 5 heteroatoms. The van der Waals surface area contributed by atoms with Gasteiger partial charge in [0.15, 0.2) is 0 Å². The molecule has 0 aliphatic heterocycles. The molecular weight excluding hydrogens is 220 g/mol. The molecule has 17 heavy (non-hydrogen) atoms. The van der Waals surface area contributed by atoms with E-state index in [0.29, 0.717) is 13.0 Å². The third-order valence-electron chi connectivity index (χ3n) is 2.58. The summed E-state index contributed by atoms with van der Waals surface area (Å²) in [7, 11) is 0. The molecule has 1 aromatic heterocycles. The van der Waals surface area contributed by atoms with Gasteiger partial charge >= 0.3 is 0 Å². The predicted octanol–water partition coefficient (Wildman–Crippen LogP) is 1.55. The number of carbonyl (C=O) groups is 1. The Morgan fingerprint density at radius 3 is 2.76 bits per heavy atom. The van der Waals surface area contributed by atoms with Crippen LogP contribution in [0, 0.1) is 5.92 Å². The molecule has 0 saturated heterocycles. The van der Waals surface area contributed by atoms with Gasteiger partial charge in [-0.25, -0.2) is 0 Å². The Balaban J connectivity index is 2.46. The number of amides is 1. The van der Waals surface area contributed by atoms with E-state index >= 15 is 0 Å². The molecule has 0 aliphatic rings. The molecule has 1 amide bonds. The Morgan fingerprint density at radius 1 is 1.53 bits per heavy atom. The number of aliphatic hydroxyl groups excluding tert-OH is 1. The predicted molar refractivity (Wildman–Crippen MR) is 63.8 cm³/mol. The van der Waals surface area contributed by atoms with E-state index in [2.05, 4.69) is 10.5 Å². The second-order valence-corrected chi connectivity index (χ2v) is 4.60. The highest BCUT2D eigenvalue weighted by Crippen LogP contribution is 2.13. The lowest BCUT2D eigenvalue weighted by Gasteiger charge is -2.09. The summed E-state index contributed by atoms with van der Waals surface area (Å²) in [4.78, 5) is 11.7. The summed E-state index contributed by atoms with van der Waals surface area (Å²) in [5.74, 6) is 0.476. The highest BCUT2D eigenvalue weighted by Gasteiger charge is 2.14. The number of aliphatic hydroxyl groups is 1. The van der Waals surface area contributed by atoms with Crippen molar-refractivity contribution in [1.29, 1.82) is 0 Å². The largest absolute Gasteiger partial charge is 0.396 e. The van der Waals surface area contributed by atoms with Crippen molar-refractivity contribution in [2.24, 2.45) is 5.92 Å². The van der Waals surface area contributed by atoms with E-state index < -0.39 is 0 Å². The Hall–Kier alpha value is -1.36. The zero-order valence-corrected chi connectivity index (χ0v) is 10.6. The number of nitrogens with zero attached hydrogens (tertiary/aromatic N) is 1. The summed E-state index contributed by atoms with van der Waals surface area (Å²) < 4.78 is 4.97. The van der Waals surface area contributed by atoms with Crippen molar-refractivity contribution >= 4 is 5.91 Å². The SMILES string of the molecule is CC(C)c1cc(C(=O)NC[C@@H](C)CCO)on1. The van der Waals surface area contributed by atoms with Gasteiger partial charge in [0, 0.05) is 19.2 Å². The van der Waals surface area contributed by atoms with Gasteiger partial charge in [-0.2, -0.15) is 0 Å². The van der Waals surface area contributed by atoms with Crippen LogP contribution in [0.15, 0.2) is 10.6 Å². The first-order valence-corrected chi connectivity index (χ1v) is 5.90. The van der Waals surface area contributed by atoms with Crippen LogP contribution < -0.4 is 5.32 Å². The fourth-order valence-corrected chi connectivity index (χ4v) is 1.34. The molecule has 5 nitrogen and oxygen atoms in total. The van der Waals surface area contributed by atoms with Gasteiger partial charge in [-0.05, 0) is 18.3 Å². The fourth-order valence-electron chi connectivity index (χ4n) is 1.34. The van der Waals surface area contributed by atoms with Gasteiger partial charge in [-0.15, -0.1) is 0 Å². The van der Waals surface area contributed by atoms with E-state index in [1.165, 1.54) is 0 Å². The summed E-state index contributed by atoms with van der Waals surface area (Å²) in [6.45, 7) is 6.61. The number of nitrogens with one attached hydrogen (secondary N) is 1. The third-order valence-corrected chi connectivity index (χ3v) is 2.58. The van der Waals surface area contributed by atoms with Crippen LogP contribution in [0.1, 0.15) is 49.4 Å². The van der Waals surface area contributed by atoms with E-state index in [0.717, 1.165) is 5.69 Å². The number of aromatic nitrogens is 1. The van der Waals surface area contributed by atoms with Crippen LogP contribution in [0.5, 0.6) is 0 Å². The Bertz CT molecular complexity index is 360. The molecule has 0 aromatic carbocycles.